The average Bonchev–Trinajstić information content (AvgIpc) is 2.64. The van der Waals surface area contributed by atoms with Gasteiger partial charge in [-0.3, -0.25) is 10.2 Å². The first-order chi connectivity index (χ1) is 12.9. The van der Waals surface area contributed by atoms with E-state index in [1.807, 2.05) is 42.5 Å². The Morgan fingerprint density at radius 3 is 2.52 bits per heavy atom. The predicted octanol–water partition coefficient (Wildman–Crippen LogP) is 0.542. The highest BCUT2D eigenvalue weighted by atomic mass is 16.4. The largest absolute Gasteiger partial charge is 0.480 e. The van der Waals surface area contributed by atoms with E-state index in [4.69, 9.17) is 16.9 Å². The van der Waals surface area contributed by atoms with Crippen LogP contribution in [0.25, 0.3) is 10.8 Å². The Labute approximate surface area is 157 Å². The molecule has 8 nitrogen and oxygen atoms in total. The van der Waals surface area contributed by atoms with Gasteiger partial charge >= 0.3 is 5.97 Å². The van der Waals surface area contributed by atoms with Crippen molar-refractivity contribution in [1.29, 1.82) is 5.41 Å². The zero-order valence-corrected chi connectivity index (χ0v) is 14.9. The van der Waals surface area contributed by atoms with E-state index in [9.17, 15) is 14.7 Å². The van der Waals surface area contributed by atoms with Crippen LogP contribution in [0.1, 0.15) is 18.4 Å². The minimum absolute atomic E-state index is 0.144. The lowest BCUT2D eigenvalue weighted by molar-refractivity contribution is -0.142. The zero-order valence-electron chi connectivity index (χ0n) is 14.9. The number of hydrogen-bond donors (Lipinski definition) is 6. The van der Waals surface area contributed by atoms with Crippen molar-refractivity contribution in [2.75, 3.05) is 6.54 Å². The molecule has 0 saturated carbocycles. The van der Waals surface area contributed by atoms with Crippen molar-refractivity contribution in [3.8, 4) is 0 Å². The zero-order chi connectivity index (χ0) is 19.8. The average molecular weight is 371 g/mol. The van der Waals surface area contributed by atoms with Crippen LogP contribution in [0.15, 0.2) is 42.5 Å². The molecular formula is C19H25N5O3. The molecule has 0 saturated heterocycles. The Bertz CT molecular complexity index is 824. The van der Waals surface area contributed by atoms with Crippen LogP contribution < -0.4 is 22.1 Å². The standard InChI is InChI=1S/C19H25N5O3/c20-15(6-3-9-23-19(21)22)17(25)24-16(18(26)27)11-12-7-8-13-4-1-2-5-14(13)10-12/h1-2,4-5,7-8,10,15-16H,3,6,9,11,20H2,(H,24,25)(H,26,27)(H4,21,22,23)/t15-,16-/m0/s1. The van der Waals surface area contributed by atoms with Gasteiger partial charge in [0, 0.05) is 13.0 Å². The third-order valence-corrected chi connectivity index (χ3v) is 4.21. The van der Waals surface area contributed by atoms with E-state index in [2.05, 4.69) is 10.6 Å². The van der Waals surface area contributed by atoms with Gasteiger partial charge in [-0.2, -0.15) is 0 Å². The number of rotatable bonds is 9. The van der Waals surface area contributed by atoms with Gasteiger partial charge in [-0.05, 0) is 29.2 Å². The van der Waals surface area contributed by atoms with Gasteiger partial charge in [0.2, 0.25) is 5.91 Å². The molecule has 0 aromatic heterocycles. The van der Waals surface area contributed by atoms with Gasteiger partial charge in [0.05, 0.1) is 6.04 Å². The molecule has 1 amide bonds. The molecule has 2 atom stereocenters. The molecule has 0 bridgehead atoms. The molecule has 0 aliphatic heterocycles. The molecule has 27 heavy (non-hydrogen) atoms. The van der Waals surface area contributed by atoms with Gasteiger partial charge in [0.15, 0.2) is 5.96 Å². The second-order valence-electron chi connectivity index (χ2n) is 6.37. The lowest BCUT2D eigenvalue weighted by Crippen LogP contribution is -2.49. The normalized spacial score (nSPS) is 12.9. The summed E-state index contributed by atoms with van der Waals surface area (Å²) in [5.41, 5.74) is 11.8. The van der Waals surface area contributed by atoms with Gasteiger partial charge < -0.3 is 27.2 Å². The highest BCUT2D eigenvalue weighted by molar-refractivity contribution is 5.87. The molecule has 2 rings (SSSR count). The number of guanidine groups is 1. The SMILES string of the molecule is N=C(N)NCCC[C@H](N)C(=O)N[C@@H](Cc1ccc2ccccc2c1)C(=O)O. The maximum Gasteiger partial charge on any atom is 0.326 e. The number of carboxylic acids is 1. The van der Waals surface area contributed by atoms with Gasteiger partial charge in [-0.25, -0.2) is 4.79 Å². The van der Waals surface area contributed by atoms with Crippen molar-refractivity contribution in [2.45, 2.75) is 31.3 Å². The fourth-order valence-corrected chi connectivity index (χ4v) is 2.76. The lowest BCUT2D eigenvalue weighted by Gasteiger charge is -2.18. The summed E-state index contributed by atoms with van der Waals surface area (Å²) in [5.74, 6) is -1.76. The van der Waals surface area contributed by atoms with Crippen LogP contribution in [-0.2, 0) is 16.0 Å². The van der Waals surface area contributed by atoms with E-state index in [0.29, 0.717) is 19.4 Å². The number of nitrogens with one attached hydrogen (secondary N) is 3. The Balaban J connectivity index is 1.94. The number of aliphatic carboxylic acids is 1. The van der Waals surface area contributed by atoms with E-state index in [-0.39, 0.29) is 12.4 Å². The third kappa shape index (κ3) is 6.27. The van der Waals surface area contributed by atoms with E-state index in [1.54, 1.807) is 0 Å². The summed E-state index contributed by atoms with van der Waals surface area (Å²) >= 11 is 0. The van der Waals surface area contributed by atoms with Crippen LogP contribution in [0, 0.1) is 5.41 Å². The Kier molecular flexibility index (Phi) is 7.13. The maximum atomic E-state index is 12.2. The number of nitrogens with two attached hydrogens (primary N) is 2. The highest BCUT2D eigenvalue weighted by Crippen LogP contribution is 2.16. The molecule has 0 aliphatic rings. The van der Waals surface area contributed by atoms with E-state index < -0.39 is 24.0 Å². The fraction of sp³-hybridized carbons (Fsp3) is 0.316. The molecular weight excluding hydrogens is 346 g/mol. The van der Waals surface area contributed by atoms with Crippen LogP contribution in [0.2, 0.25) is 0 Å². The summed E-state index contributed by atoms with van der Waals surface area (Å²) < 4.78 is 0. The molecule has 8 heteroatoms. The van der Waals surface area contributed by atoms with Crippen LogP contribution in [0.3, 0.4) is 0 Å². The molecule has 2 aromatic carbocycles. The highest BCUT2D eigenvalue weighted by Gasteiger charge is 2.23. The summed E-state index contributed by atoms with van der Waals surface area (Å²) in [6, 6.07) is 11.6. The van der Waals surface area contributed by atoms with Crippen LogP contribution in [0.5, 0.6) is 0 Å². The quantitative estimate of drug-likeness (QED) is 0.215. The van der Waals surface area contributed by atoms with Crippen molar-refractivity contribution < 1.29 is 14.7 Å². The summed E-state index contributed by atoms with van der Waals surface area (Å²) in [5, 5.41) is 23.7. The number of benzene rings is 2. The minimum atomic E-state index is -1.11. The second kappa shape index (κ2) is 9.54. The Hall–Kier alpha value is -3.13. The lowest BCUT2D eigenvalue weighted by atomic mass is 10.0. The molecule has 2 aromatic rings. The summed E-state index contributed by atoms with van der Waals surface area (Å²) in [6.45, 7) is 0.426. The Morgan fingerprint density at radius 1 is 1.15 bits per heavy atom. The third-order valence-electron chi connectivity index (χ3n) is 4.21. The van der Waals surface area contributed by atoms with Crippen molar-refractivity contribution in [3.63, 3.8) is 0 Å². The number of hydrogen-bond acceptors (Lipinski definition) is 4. The maximum absolute atomic E-state index is 12.2. The summed E-state index contributed by atoms with van der Waals surface area (Å²) in [4.78, 5) is 23.8. The van der Waals surface area contributed by atoms with Crippen LogP contribution >= 0.6 is 0 Å². The van der Waals surface area contributed by atoms with E-state index in [1.165, 1.54) is 0 Å². The van der Waals surface area contributed by atoms with Gasteiger partial charge in [0.25, 0.3) is 0 Å². The monoisotopic (exact) mass is 371 g/mol. The first kappa shape index (κ1) is 20.2. The number of fused-ring (bicyclic) bond motifs is 1. The first-order valence-electron chi connectivity index (χ1n) is 8.71. The second-order valence-corrected chi connectivity index (χ2v) is 6.37. The van der Waals surface area contributed by atoms with Crippen LogP contribution in [0.4, 0.5) is 0 Å². The fourth-order valence-electron chi connectivity index (χ4n) is 2.76. The molecule has 0 aliphatic carbocycles. The predicted molar refractivity (Wildman–Crippen MR) is 104 cm³/mol. The molecule has 0 radical (unpaired) electrons. The van der Waals surface area contributed by atoms with Crippen molar-refractivity contribution in [2.24, 2.45) is 11.5 Å². The van der Waals surface area contributed by atoms with Crippen LogP contribution in [-0.4, -0.2) is 41.6 Å². The van der Waals surface area contributed by atoms with E-state index >= 15 is 0 Å². The number of carbonyl (C=O) groups is 2. The van der Waals surface area contributed by atoms with Crippen molar-refractivity contribution in [3.05, 3.63) is 48.0 Å². The number of amides is 1. The molecule has 0 heterocycles. The topological polar surface area (TPSA) is 154 Å². The van der Waals surface area contributed by atoms with Gasteiger partial charge in [0.1, 0.15) is 6.04 Å². The van der Waals surface area contributed by atoms with Gasteiger partial charge in [-0.15, -0.1) is 0 Å². The first-order valence-corrected chi connectivity index (χ1v) is 8.71. The molecule has 0 spiro atoms. The molecule has 144 valence electrons. The molecule has 0 unspecified atom stereocenters. The number of carbonyl (C=O) groups excluding carboxylic acids is 1. The Morgan fingerprint density at radius 2 is 1.85 bits per heavy atom. The smallest absolute Gasteiger partial charge is 0.326 e. The molecule has 0 fully saturated rings. The minimum Gasteiger partial charge on any atom is -0.480 e. The molecule has 8 N–H and O–H groups in total. The van der Waals surface area contributed by atoms with Crippen molar-refractivity contribution >= 4 is 28.6 Å². The van der Waals surface area contributed by atoms with Gasteiger partial charge in [-0.1, -0.05) is 42.5 Å². The summed E-state index contributed by atoms with van der Waals surface area (Å²) in [6.07, 6.45) is 1.07. The van der Waals surface area contributed by atoms with E-state index in [0.717, 1.165) is 16.3 Å². The summed E-state index contributed by atoms with van der Waals surface area (Å²) in [7, 11) is 0. The van der Waals surface area contributed by atoms with Crippen molar-refractivity contribution in [1.82, 2.24) is 10.6 Å². The number of carboxylic acid groups (broad SMARTS) is 1.